The third kappa shape index (κ3) is 5.15. The summed E-state index contributed by atoms with van der Waals surface area (Å²) in [5, 5.41) is 0. The fraction of sp³-hybridized carbons (Fsp3) is 0.400. The maximum absolute atomic E-state index is 11.4. The Morgan fingerprint density at radius 1 is 1.33 bits per heavy atom. The molecule has 0 radical (unpaired) electrons. The molecule has 0 saturated heterocycles. The zero-order valence-corrected chi connectivity index (χ0v) is 11.0. The molecule has 0 aliphatic heterocycles. The lowest BCUT2D eigenvalue weighted by atomic mass is 10.1. The number of carbonyl (C=O) groups excluding carboxylic acids is 1. The summed E-state index contributed by atoms with van der Waals surface area (Å²) in [6.07, 6.45) is -0.0695. The van der Waals surface area contributed by atoms with E-state index in [0.717, 1.165) is 11.1 Å². The summed E-state index contributed by atoms with van der Waals surface area (Å²) < 4.78 is 10.6. The van der Waals surface area contributed by atoms with Crippen molar-refractivity contribution in [2.75, 3.05) is 6.61 Å². The second-order valence-corrected chi connectivity index (χ2v) is 4.14. The number of esters is 1. The Kier molecular flexibility index (Phi) is 6.15. The Morgan fingerprint density at radius 2 is 2.00 bits per heavy atom. The van der Waals surface area contributed by atoms with Gasteiger partial charge in [-0.25, -0.2) is 0 Å². The Labute approximate surface area is 108 Å². The third-order valence-corrected chi connectivity index (χ3v) is 2.50. The smallest absolute Gasteiger partial charge is 0.308 e. The van der Waals surface area contributed by atoms with Crippen molar-refractivity contribution in [1.82, 2.24) is 0 Å². The Morgan fingerprint density at radius 3 is 2.56 bits per heavy atom. The molecule has 0 aliphatic carbocycles. The van der Waals surface area contributed by atoms with Gasteiger partial charge in [0.05, 0.1) is 25.7 Å². The van der Waals surface area contributed by atoms with E-state index in [9.17, 15) is 4.79 Å². The van der Waals surface area contributed by atoms with Crippen molar-refractivity contribution in [3.63, 3.8) is 0 Å². The van der Waals surface area contributed by atoms with Gasteiger partial charge >= 0.3 is 5.97 Å². The van der Waals surface area contributed by atoms with Crippen LogP contribution in [0.25, 0.3) is 0 Å². The minimum atomic E-state index is -0.288. The van der Waals surface area contributed by atoms with E-state index in [2.05, 4.69) is 6.58 Å². The SMILES string of the molecule is C=C(C)[C@H](CC(=O)OCC)OCc1ccccc1. The van der Waals surface area contributed by atoms with Crippen molar-refractivity contribution in [2.45, 2.75) is 33.0 Å². The summed E-state index contributed by atoms with van der Waals surface area (Å²) >= 11 is 0. The summed E-state index contributed by atoms with van der Waals surface area (Å²) in [6, 6.07) is 9.84. The number of ether oxygens (including phenoxy) is 2. The molecule has 1 rings (SSSR count). The van der Waals surface area contributed by atoms with Crippen molar-refractivity contribution in [2.24, 2.45) is 0 Å². The van der Waals surface area contributed by atoms with Crippen LogP contribution >= 0.6 is 0 Å². The lowest BCUT2D eigenvalue weighted by Gasteiger charge is -2.17. The van der Waals surface area contributed by atoms with Gasteiger partial charge in [-0.05, 0) is 19.4 Å². The molecule has 3 heteroatoms. The molecular weight excluding hydrogens is 228 g/mol. The minimum absolute atomic E-state index is 0.218. The standard InChI is InChI=1S/C15H20O3/c1-4-17-15(16)10-14(12(2)3)18-11-13-8-6-5-7-9-13/h5-9,14H,2,4,10-11H2,1,3H3/t14-/m0/s1. The molecule has 1 aromatic rings. The highest BCUT2D eigenvalue weighted by Gasteiger charge is 2.16. The Balaban J connectivity index is 2.48. The van der Waals surface area contributed by atoms with Gasteiger partial charge in [0.1, 0.15) is 0 Å². The van der Waals surface area contributed by atoms with E-state index in [1.54, 1.807) is 6.92 Å². The molecule has 1 aromatic carbocycles. The second-order valence-electron chi connectivity index (χ2n) is 4.14. The average Bonchev–Trinajstić information content (AvgIpc) is 2.35. The van der Waals surface area contributed by atoms with Crippen molar-refractivity contribution in [3.05, 3.63) is 48.0 Å². The molecule has 18 heavy (non-hydrogen) atoms. The first-order chi connectivity index (χ1) is 8.63. The maximum Gasteiger partial charge on any atom is 0.308 e. The van der Waals surface area contributed by atoms with Crippen molar-refractivity contribution < 1.29 is 14.3 Å². The first-order valence-electron chi connectivity index (χ1n) is 6.10. The fourth-order valence-corrected chi connectivity index (χ4v) is 1.52. The largest absolute Gasteiger partial charge is 0.466 e. The van der Waals surface area contributed by atoms with Gasteiger partial charge in [-0.1, -0.05) is 42.5 Å². The summed E-state index contributed by atoms with van der Waals surface area (Å²) in [7, 11) is 0. The molecule has 0 N–H and O–H groups in total. The number of hydrogen-bond donors (Lipinski definition) is 0. The van der Waals surface area contributed by atoms with E-state index in [0.29, 0.717) is 13.2 Å². The Hall–Kier alpha value is -1.61. The number of hydrogen-bond acceptors (Lipinski definition) is 3. The van der Waals surface area contributed by atoms with Crippen molar-refractivity contribution in [1.29, 1.82) is 0 Å². The summed E-state index contributed by atoms with van der Waals surface area (Å²) in [5.74, 6) is -0.251. The highest BCUT2D eigenvalue weighted by atomic mass is 16.5. The number of benzene rings is 1. The van der Waals surface area contributed by atoms with Crippen LogP contribution in [0.15, 0.2) is 42.5 Å². The molecule has 0 aromatic heterocycles. The fourth-order valence-electron chi connectivity index (χ4n) is 1.52. The van der Waals surface area contributed by atoms with Gasteiger partial charge < -0.3 is 9.47 Å². The highest BCUT2D eigenvalue weighted by Crippen LogP contribution is 2.13. The zero-order valence-electron chi connectivity index (χ0n) is 11.0. The van der Waals surface area contributed by atoms with Crippen LogP contribution in [0.4, 0.5) is 0 Å². The average molecular weight is 248 g/mol. The van der Waals surface area contributed by atoms with E-state index < -0.39 is 0 Å². The van der Waals surface area contributed by atoms with Crippen LogP contribution in [0.3, 0.4) is 0 Å². The molecule has 0 fully saturated rings. The molecular formula is C15H20O3. The molecule has 0 saturated carbocycles. The first-order valence-corrected chi connectivity index (χ1v) is 6.10. The van der Waals surface area contributed by atoms with Crippen LogP contribution < -0.4 is 0 Å². The quantitative estimate of drug-likeness (QED) is 0.549. The molecule has 0 heterocycles. The highest BCUT2D eigenvalue weighted by molar-refractivity contribution is 5.70. The Bertz CT molecular complexity index is 384. The first kappa shape index (κ1) is 14.5. The zero-order chi connectivity index (χ0) is 13.4. The van der Waals surface area contributed by atoms with E-state index in [1.165, 1.54) is 0 Å². The van der Waals surface area contributed by atoms with Crippen molar-refractivity contribution in [3.8, 4) is 0 Å². The molecule has 0 amide bonds. The third-order valence-electron chi connectivity index (χ3n) is 2.50. The van der Waals surface area contributed by atoms with Gasteiger partial charge in [0, 0.05) is 0 Å². The molecule has 0 spiro atoms. The monoisotopic (exact) mass is 248 g/mol. The van der Waals surface area contributed by atoms with Gasteiger partial charge in [0.15, 0.2) is 0 Å². The lowest BCUT2D eigenvalue weighted by Crippen LogP contribution is -2.20. The van der Waals surface area contributed by atoms with Gasteiger partial charge in [-0.15, -0.1) is 0 Å². The normalized spacial score (nSPS) is 11.9. The van der Waals surface area contributed by atoms with Crippen LogP contribution in [-0.4, -0.2) is 18.7 Å². The van der Waals surface area contributed by atoms with Gasteiger partial charge in [-0.2, -0.15) is 0 Å². The summed E-state index contributed by atoms with van der Waals surface area (Å²) in [5.41, 5.74) is 1.91. The summed E-state index contributed by atoms with van der Waals surface area (Å²) in [4.78, 5) is 11.4. The van der Waals surface area contributed by atoms with Crippen molar-refractivity contribution >= 4 is 5.97 Å². The molecule has 3 nitrogen and oxygen atoms in total. The van der Waals surface area contributed by atoms with E-state index in [4.69, 9.17) is 9.47 Å². The number of rotatable bonds is 7. The number of carbonyl (C=O) groups is 1. The van der Waals surface area contributed by atoms with E-state index in [1.807, 2.05) is 37.3 Å². The lowest BCUT2D eigenvalue weighted by molar-refractivity contribution is -0.145. The maximum atomic E-state index is 11.4. The van der Waals surface area contributed by atoms with Gasteiger partial charge in [0.25, 0.3) is 0 Å². The van der Waals surface area contributed by atoms with E-state index >= 15 is 0 Å². The molecule has 0 aliphatic rings. The van der Waals surface area contributed by atoms with Crippen LogP contribution in [0.1, 0.15) is 25.8 Å². The molecule has 98 valence electrons. The topological polar surface area (TPSA) is 35.5 Å². The van der Waals surface area contributed by atoms with Crippen LogP contribution in [0, 0.1) is 0 Å². The van der Waals surface area contributed by atoms with E-state index in [-0.39, 0.29) is 18.5 Å². The van der Waals surface area contributed by atoms with Gasteiger partial charge in [0.2, 0.25) is 0 Å². The van der Waals surface area contributed by atoms with Crippen LogP contribution in [0.2, 0.25) is 0 Å². The molecule has 0 unspecified atom stereocenters. The predicted molar refractivity (Wildman–Crippen MR) is 71.1 cm³/mol. The molecule has 1 atom stereocenters. The van der Waals surface area contributed by atoms with Crippen LogP contribution in [0.5, 0.6) is 0 Å². The minimum Gasteiger partial charge on any atom is -0.466 e. The second kappa shape index (κ2) is 7.67. The predicted octanol–water partition coefficient (Wildman–Crippen LogP) is 3.10. The van der Waals surface area contributed by atoms with Gasteiger partial charge in [-0.3, -0.25) is 4.79 Å². The van der Waals surface area contributed by atoms with Crippen LogP contribution in [-0.2, 0) is 20.9 Å². The molecule has 0 bridgehead atoms. The summed E-state index contributed by atoms with van der Waals surface area (Å²) in [6.45, 7) is 8.35.